The monoisotopic (exact) mass is 296 g/mol. The first kappa shape index (κ1) is 16.1. The number of carbonyl (C=O) groups is 2. The molecular formula is C16H28N2O3. The van der Waals surface area contributed by atoms with Crippen LogP contribution in [-0.2, 0) is 4.79 Å². The number of amides is 2. The van der Waals surface area contributed by atoms with Crippen molar-refractivity contribution in [2.45, 2.75) is 47.0 Å². The van der Waals surface area contributed by atoms with Gasteiger partial charge in [-0.05, 0) is 35.5 Å². The SMILES string of the molecule is CC1(C)C(CNC(=O)N2CCC(CCC(=O)O)C2)C1(C)C. The molecule has 2 fully saturated rings. The van der Waals surface area contributed by atoms with E-state index >= 15 is 0 Å². The van der Waals surface area contributed by atoms with Gasteiger partial charge in [-0.2, -0.15) is 0 Å². The second kappa shape index (κ2) is 5.50. The number of rotatable bonds is 5. The van der Waals surface area contributed by atoms with Gasteiger partial charge in [0.15, 0.2) is 0 Å². The Morgan fingerprint density at radius 3 is 2.38 bits per heavy atom. The summed E-state index contributed by atoms with van der Waals surface area (Å²) in [5, 5.41) is 11.8. The molecule has 1 heterocycles. The Labute approximate surface area is 127 Å². The Kier molecular flexibility index (Phi) is 4.22. The van der Waals surface area contributed by atoms with Crippen LogP contribution in [0, 0.1) is 22.7 Å². The van der Waals surface area contributed by atoms with Gasteiger partial charge in [-0.1, -0.05) is 27.7 Å². The Hall–Kier alpha value is -1.26. The first-order valence-electron chi connectivity index (χ1n) is 7.91. The van der Waals surface area contributed by atoms with Crippen LogP contribution >= 0.6 is 0 Å². The highest BCUT2D eigenvalue weighted by atomic mass is 16.4. The van der Waals surface area contributed by atoms with Crippen molar-refractivity contribution in [3.05, 3.63) is 0 Å². The van der Waals surface area contributed by atoms with Crippen LogP contribution < -0.4 is 5.32 Å². The van der Waals surface area contributed by atoms with Crippen molar-refractivity contribution in [1.29, 1.82) is 0 Å². The van der Waals surface area contributed by atoms with E-state index in [1.54, 1.807) is 0 Å². The summed E-state index contributed by atoms with van der Waals surface area (Å²) in [5.41, 5.74) is 0.574. The predicted octanol–water partition coefficient (Wildman–Crippen LogP) is 2.56. The summed E-state index contributed by atoms with van der Waals surface area (Å²) >= 11 is 0. The molecule has 1 aliphatic carbocycles. The molecule has 1 unspecified atom stereocenters. The lowest BCUT2D eigenvalue weighted by atomic mass is 10.0. The number of aliphatic carboxylic acids is 1. The van der Waals surface area contributed by atoms with Crippen molar-refractivity contribution in [2.75, 3.05) is 19.6 Å². The summed E-state index contributed by atoms with van der Waals surface area (Å²) in [6, 6.07) is 0.00586. The third kappa shape index (κ3) is 3.16. The smallest absolute Gasteiger partial charge is 0.317 e. The summed E-state index contributed by atoms with van der Waals surface area (Å²) in [6.07, 6.45) is 1.79. The zero-order valence-electron chi connectivity index (χ0n) is 13.6. The van der Waals surface area contributed by atoms with E-state index in [2.05, 4.69) is 33.0 Å². The van der Waals surface area contributed by atoms with Gasteiger partial charge in [0.1, 0.15) is 0 Å². The number of carbonyl (C=O) groups excluding carboxylic acids is 1. The van der Waals surface area contributed by atoms with Crippen LogP contribution in [0.3, 0.4) is 0 Å². The maximum absolute atomic E-state index is 12.2. The van der Waals surface area contributed by atoms with Crippen molar-refractivity contribution in [3.8, 4) is 0 Å². The van der Waals surface area contributed by atoms with E-state index in [4.69, 9.17) is 5.11 Å². The second-order valence-corrected chi connectivity index (χ2v) is 7.72. The van der Waals surface area contributed by atoms with E-state index in [0.29, 0.717) is 24.8 Å². The largest absolute Gasteiger partial charge is 0.481 e. The van der Waals surface area contributed by atoms with Crippen LogP contribution in [0.2, 0.25) is 0 Å². The summed E-state index contributed by atoms with van der Waals surface area (Å²) in [6.45, 7) is 11.2. The lowest BCUT2D eigenvalue weighted by Crippen LogP contribution is -2.39. The van der Waals surface area contributed by atoms with E-state index in [9.17, 15) is 9.59 Å². The second-order valence-electron chi connectivity index (χ2n) is 7.72. The van der Waals surface area contributed by atoms with Gasteiger partial charge in [0.25, 0.3) is 0 Å². The van der Waals surface area contributed by atoms with Crippen molar-refractivity contribution in [1.82, 2.24) is 10.2 Å². The topological polar surface area (TPSA) is 69.6 Å². The zero-order chi connectivity index (χ0) is 15.8. The molecule has 5 heteroatoms. The average Bonchev–Trinajstić information content (AvgIpc) is 2.75. The normalized spacial score (nSPS) is 26.7. The van der Waals surface area contributed by atoms with Crippen LogP contribution in [0.1, 0.15) is 47.0 Å². The number of carboxylic acid groups (broad SMARTS) is 1. The standard InChI is InChI=1S/C16H28N2O3/c1-15(2)12(16(15,3)4)9-17-14(21)18-8-7-11(10-18)5-6-13(19)20/h11-12H,5-10H2,1-4H3,(H,17,21)(H,19,20). The fourth-order valence-corrected chi connectivity index (χ4v) is 3.73. The first-order chi connectivity index (χ1) is 9.66. The fourth-order valence-electron chi connectivity index (χ4n) is 3.73. The molecule has 1 saturated carbocycles. The predicted molar refractivity (Wildman–Crippen MR) is 81.0 cm³/mol. The number of hydrogen-bond acceptors (Lipinski definition) is 2. The number of nitrogens with one attached hydrogen (secondary N) is 1. The molecular weight excluding hydrogens is 268 g/mol. The zero-order valence-corrected chi connectivity index (χ0v) is 13.6. The van der Waals surface area contributed by atoms with Gasteiger partial charge in [-0.15, -0.1) is 0 Å². The number of likely N-dealkylation sites (tertiary alicyclic amines) is 1. The first-order valence-corrected chi connectivity index (χ1v) is 7.91. The quantitative estimate of drug-likeness (QED) is 0.819. The van der Waals surface area contributed by atoms with Gasteiger partial charge in [0.2, 0.25) is 0 Å². The van der Waals surface area contributed by atoms with Gasteiger partial charge >= 0.3 is 12.0 Å². The molecule has 0 radical (unpaired) electrons. The van der Waals surface area contributed by atoms with Gasteiger partial charge in [0, 0.05) is 26.1 Å². The number of hydrogen-bond donors (Lipinski definition) is 2. The average molecular weight is 296 g/mol. The highest BCUT2D eigenvalue weighted by Gasteiger charge is 2.64. The maximum atomic E-state index is 12.2. The Morgan fingerprint density at radius 1 is 1.24 bits per heavy atom. The van der Waals surface area contributed by atoms with E-state index in [0.717, 1.165) is 19.5 Å². The molecule has 0 aromatic rings. The van der Waals surface area contributed by atoms with Gasteiger partial charge < -0.3 is 15.3 Å². The fraction of sp³-hybridized carbons (Fsp3) is 0.875. The molecule has 120 valence electrons. The molecule has 1 atom stereocenters. The minimum Gasteiger partial charge on any atom is -0.481 e. The summed E-state index contributed by atoms with van der Waals surface area (Å²) < 4.78 is 0. The van der Waals surface area contributed by atoms with E-state index in [-0.39, 0.29) is 23.3 Å². The van der Waals surface area contributed by atoms with Crippen LogP contribution in [-0.4, -0.2) is 41.6 Å². The maximum Gasteiger partial charge on any atom is 0.317 e. The summed E-state index contributed by atoms with van der Waals surface area (Å²) in [7, 11) is 0. The summed E-state index contributed by atoms with van der Waals surface area (Å²) in [4.78, 5) is 24.6. The Bertz CT molecular complexity index is 417. The third-order valence-corrected chi connectivity index (χ3v) is 6.12. The van der Waals surface area contributed by atoms with Crippen LogP contribution in [0.25, 0.3) is 0 Å². The highest BCUT2D eigenvalue weighted by Crippen LogP contribution is 2.67. The lowest BCUT2D eigenvalue weighted by Gasteiger charge is -2.17. The number of nitrogens with zero attached hydrogens (tertiary/aromatic N) is 1. The minimum atomic E-state index is -0.754. The molecule has 2 amide bonds. The van der Waals surface area contributed by atoms with Crippen molar-refractivity contribution in [2.24, 2.45) is 22.7 Å². The molecule has 0 bridgehead atoms. The lowest BCUT2D eigenvalue weighted by molar-refractivity contribution is -0.137. The van der Waals surface area contributed by atoms with Crippen molar-refractivity contribution < 1.29 is 14.7 Å². The Balaban J connectivity index is 1.72. The molecule has 21 heavy (non-hydrogen) atoms. The molecule has 0 aromatic carbocycles. The molecule has 1 aliphatic heterocycles. The van der Waals surface area contributed by atoms with E-state index in [1.165, 1.54) is 0 Å². The van der Waals surface area contributed by atoms with Gasteiger partial charge in [-0.25, -0.2) is 4.79 Å². The van der Waals surface area contributed by atoms with Crippen molar-refractivity contribution >= 4 is 12.0 Å². The van der Waals surface area contributed by atoms with Gasteiger partial charge in [0.05, 0.1) is 0 Å². The van der Waals surface area contributed by atoms with Gasteiger partial charge in [-0.3, -0.25) is 4.79 Å². The third-order valence-electron chi connectivity index (χ3n) is 6.12. The number of carboxylic acids is 1. The van der Waals surface area contributed by atoms with E-state index < -0.39 is 5.97 Å². The molecule has 2 rings (SSSR count). The molecule has 1 saturated heterocycles. The van der Waals surface area contributed by atoms with Crippen LogP contribution in [0.5, 0.6) is 0 Å². The van der Waals surface area contributed by atoms with E-state index in [1.807, 2.05) is 4.90 Å². The number of urea groups is 1. The van der Waals surface area contributed by atoms with Crippen molar-refractivity contribution in [3.63, 3.8) is 0 Å². The molecule has 2 N–H and O–H groups in total. The van der Waals surface area contributed by atoms with Crippen LogP contribution in [0.15, 0.2) is 0 Å². The Morgan fingerprint density at radius 2 is 1.86 bits per heavy atom. The molecule has 2 aliphatic rings. The molecule has 0 aromatic heterocycles. The highest BCUT2D eigenvalue weighted by molar-refractivity contribution is 5.74. The van der Waals surface area contributed by atoms with Crippen LogP contribution in [0.4, 0.5) is 4.79 Å². The summed E-state index contributed by atoms with van der Waals surface area (Å²) in [5.74, 6) is 0.108. The minimum absolute atomic E-state index is 0.00586. The molecule has 5 nitrogen and oxygen atoms in total. The molecule has 0 spiro atoms.